The number of nitrogens with one attached hydrogen (secondary N) is 2. The van der Waals surface area contributed by atoms with E-state index in [1.165, 1.54) is 0 Å². The number of pyridine rings is 1. The van der Waals surface area contributed by atoms with E-state index >= 15 is 0 Å². The normalized spacial score (nSPS) is 16.9. The van der Waals surface area contributed by atoms with Crippen molar-refractivity contribution in [2.24, 2.45) is 5.92 Å². The Morgan fingerprint density at radius 2 is 2.19 bits per heavy atom. The van der Waals surface area contributed by atoms with Crippen molar-refractivity contribution in [2.45, 2.75) is 13.3 Å². The summed E-state index contributed by atoms with van der Waals surface area (Å²) in [6, 6.07) is 9.24. The van der Waals surface area contributed by atoms with Crippen LogP contribution in [0, 0.1) is 12.8 Å². The van der Waals surface area contributed by atoms with Gasteiger partial charge in [0.2, 0.25) is 5.91 Å². The Morgan fingerprint density at radius 3 is 3.00 bits per heavy atom. The zero-order chi connectivity index (χ0) is 18.5. The molecule has 0 spiro atoms. The zero-order valence-corrected chi connectivity index (χ0v) is 15.1. The summed E-state index contributed by atoms with van der Waals surface area (Å²) < 4.78 is 5.02. The summed E-state index contributed by atoms with van der Waals surface area (Å²) in [4.78, 5) is 30.4. The number of aromatic nitrogens is 1. The lowest BCUT2D eigenvalue weighted by Gasteiger charge is -2.16. The number of nitrogens with zero attached hydrogens (tertiary/aromatic N) is 2. The number of hydrogen-bond donors (Lipinski definition) is 2. The first-order valence-electron chi connectivity index (χ1n) is 8.74. The highest BCUT2D eigenvalue weighted by molar-refractivity contribution is 6.00. The van der Waals surface area contributed by atoms with E-state index in [0.29, 0.717) is 32.7 Å². The molecule has 1 fully saturated rings. The maximum atomic E-state index is 12.3. The number of likely N-dealkylation sites (tertiary alicyclic amines) is 1. The number of carbonyl (C=O) groups is 2. The van der Waals surface area contributed by atoms with Crippen LogP contribution in [0.1, 0.15) is 12.1 Å². The van der Waals surface area contributed by atoms with Gasteiger partial charge in [-0.15, -0.1) is 0 Å². The molecule has 0 bridgehead atoms. The highest BCUT2D eigenvalue weighted by atomic mass is 16.5. The van der Waals surface area contributed by atoms with Crippen LogP contribution in [0.3, 0.4) is 0 Å². The van der Waals surface area contributed by atoms with Gasteiger partial charge in [0.15, 0.2) is 0 Å². The fraction of sp³-hybridized carbons (Fsp3) is 0.421. The van der Waals surface area contributed by atoms with Gasteiger partial charge in [-0.25, -0.2) is 4.79 Å². The lowest BCUT2D eigenvalue weighted by Crippen LogP contribution is -2.34. The molecule has 1 saturated heterocycles. The molecule has 138 valence electrons. The fourth-order valence-electron chi connectivity index (χ4n) is 3.18. The van der Waals surface area contributed by atoms with Gasteiger partial charge in [0.1, 0.15) is 0 Å². The van der Waals surface area contributed by atoms with Crippen LogP contribution in [0.15, 0.2) is 30.3 Å². The van der Waals surface area contributed by atoms with Gasteiger partial charge in [-0.3, -0.25) is 9.78 Å². The third-order valence-electron chi connectivity index (χ3n) is 4.53. The second kappa shape index (κ2) is 8.14. The van der Waals surface area contributed by atoms with Crippen molar-refractivity contribution in [1.82, 2.24) is 15.2 Å². The van der Waals surface area contributed by atoms with Gasteiger partial charge < -0.3 is 20.3 Å². The Morgan fingerprint density at radius 1 is 1.35 bits per heavy atom. The van der Waals surface area contributed by atoms with Crippen molar-refractivity contribution in [3.8, 4) is 0 Å². The predicted octanol–water partition coefficient (Wildman–Crippen LogP) is 2.16. The molecule has 1 aromatic heterocycles. The number of benzene rings is 1. The molecule has 1 aromatic carbocycles. The number of amides is 3. The zero-order valence-electron chi connectivity index (χ0n) is 15.1. The number of ether oxygens (including phenoxy) is 1. The molecule has 2 N–H and O–H groups in total. The van der Waals surface area contributed by atoms with E-state index in [4.69, 9.17) is 4.74 Å². The third-order valence-corrected chi connectivity index (χ3v) is 4.53. The molecular formula is C19H24N4O3. The molecule has 1 aliphatic rings. The molecule has 2 heterocycles. The molecule has 2 aromatic rings. The molecule has 0 saturated carbocycles. The van der Waals surface area contributed by atoms with E-state index in [9.17, 15) is 9.59 Å². The van der Waals surface area contributed by atoms with Gasteiger partial charge >= 0.3 is 6.03 Å². The standard InChI is InChI=1S/C19H24N4O3/c1-13-6-7-15-16(21-13)4-3-5-17(15)22-19(25)20-11-14-10-18(24)23(12-14)8-9-26-2/h3-7,14H,8-12H2,1-2H3,(H2,20,22,25)/t14-/m0/s1. The van der Waals surface area contributed by atoms with Crippen molar-refractivity contribution in [3.05, 3.63) is 36.0 Å². The van der Waals surface area contributed by atoms with E-state index in [1.54, 1.807) is 12.0 Å². The predicted molar refractivity (Wildman–Crippen MR) is 100 cm³/mol. The summed E-state index contributed by atoms with van der Waals surface area (Å²) in [7, 11) is 1.62. The van der Waals surface area contributed by atoms with Crippen LogP contribution in [0.4, 0.5) is 10.5 Å². The average molecular weight is 356 g/mol. The minimum atomic E-state index is -0.277. The lowest BCUT2D eigenvalue weighted by atomic mass is 10.1. The number of carbonyl (C=O) groups excluding carboxylic acids is 2. The summed E-state index contributed by atoms with van der Waals surface area (Å²) in [6.07, 6.45) is 0.460. The van der Waals surface area contributed by atoms with Crippen molar-refractivity contribution in [2.75, 3.05) is 38.7 Å². The number of rotatable bonds is 6. The van der Waals surface area contributed by atoms with Crippen LogP contribution in [-0.2, 0) is 9.53 Å². The Balaban J connectivity index is 1.55. The monoisotopic (exact) mass is 356 g/mol. The van der Waals surface area contributed by atoms with Gasteiger partial charge in [-0.2, -0.15) is 0 Å². The summed E-state index contributed by atoms with van der Waals surface area (Å²) in [5.74, 6) is 0.242. The number of aryl methyl sites for hydroxylation is 1. The largest absolute Gasteiger partial charge is 0.383 e. The third kappa shape index (κ3) is 4.29. The fourth-order valence-corrected chi connectivity index (χ4v) is 3.18. The second-order valence-electron chi connectivity index (χ2n) is 6.56. The molecule has 1 atom stereocenters. The molecule has 3 amide bonds. The number of methoxy groups -OCH3 is 1. The Labute approximate surface area is 152 Å². The van der Waals surface area contributed by atoms with Crippen molar-refractivity contribution in [1.29, 1.82) is 0 Å². The van der Waals surface area contributed by atoms with E-state index in [0.717, 1.165) is 22.3 Å². The molecule has 0 unspecified atom stereocenters. The van der Waals surface area contributed by atoms with Crippen LogP contribution in [0.5, 0.6) is 0 Å². The molecular weight excluding hydrogens is 332 g/mol. The molecule has 0 aliphatic carbocycles. The van der Waals surface area contributed by atoms with E-state index in [2.05, 4.69) is 15.6 Å². The lowest BCUT2D eigenvalue weighted by molar-refractivity contribution is -0.128. The maximum Gasteiger partial charge on any atom is 0.319 e. The maximum absolute atomic E-state index is 12.3. The second-order valence-corrected chi connectivity index (χ2v) is 6.56. The quantitative estimate of drug-likeness (QED) is 0.831. The van der Waals surface area contributed by atoms with Crippen molar-refractivity contribution in [3.63, 3.8) is 0 Å². The van der Waals surface area contributed by atoms with Gasteiger partial charge in [0.05, 0.1) is 17.8 Å². The van der Waals surface area contributed by atoms with Crippen LogP contribution < -0.4 is 10.6 Å². The highest BCUT2D eigenvalue weighted by Gasteiger charge is 2.29. The SMILES string of the molecule is COCCN1C[C@H](CNC(=O)Nc2cccc3nc(C)ccc23)CC1=O. The number of anilines is 1. The Bertz CT molecular complexity index is 808. The molecule has 7 heteroatoms. The van der Waals surface area contributed by atoms with Crippen molar-refractivity contribution >= 4 is 28.5 Å². The van der Waals surface area contributed by atoms with Gasteiger partial charge in [-0.1, -0.05) is 6.07 Å². The summed E-state index contributed by atoms with van der Waals surface area (Å²) >= 11 is 0. The molecule has 0 radical (unpaired) electrons. The average Bonchev–Trinajstić information content (AvgIpc) is 2.98. The van der Waals surface area contributed by atoms with Crippen LogP contribution in [-0.4, -0.2) is 55.2 Å². The van der Waals surface area contributed by atoms with Crippen LogP contribution >= 0.6 is 0 Å². The topological polar surface area (TPSA) is 83.6 Å². The summed E-state index contributed by atoms with van der Waals surface area (Å²) in [5.41, 5.74) is 2.50. The van der Waals surface area contributed by atoms with Crippen LogP contribution in [0.25, 0.3) is 10.9 Å². The number of hydrogen-bond acceptors (Lipinski definition) is 4. The number of urea groups is 1. The molecule has 7 nitrogen and oxygen atoms in total. The van der Waals surface area contributed by atoms with Crippen LogP contribution in [0.2, 0.25) is 0 Å². The molecule has 26 heavy (non-hydrogen) atoms. The minimum Gasteiger partial charge on any atom is -0.383 e. The number of fused-ring (bicyclic) bond motifs is 1. The first-order chi connectivity index (χ1) is 12.6. The van der Waals surface area contributed by atoms with Gasteiger partial charge in [0.25, 0.3) is 0 Å². The van der Waals surface area contributed by atoms with Gasteiger partial charge in [-0.05, 0) is 31.2 Å². The Kier molecular flexibility index (Phi) is 5.68. The first kappa shape index (κ1) is 18.1. The highest BCUT2D eigenvalue weighted by Crippen LogP contribution is 2.22. The Hall–Kier alpha value is -2.67. The van der Waals surface area contributed by atoms with E-state index in [-0.39, 0.29) is 17.9 Å². The molecule has 3 rings (SSSR count). The van der Waals surface area contributed by atoms with E-state index in [1.807, 2.05) is 37.3 Å². The first-order valence-corrected chi connectivity index (χ1v) is 8.74. The summed E-state index contributed by atoms with van der Waals surface area (Å²) in [6.45, 7) is 4.18. The van der Waals surface area contributed by atoms with Gasteiger partial charge in [0, 0.05) is 50.2 Å². The smallest absolute Gasteiger partial charge is 0.319 e. The molecule has 1 aliphatic heterocycles. The van der Waals surface area contributed by atoms with E-state index < -0.39 is 0 Å². The summed E-state index contributed by atoms with van der Waals surface area (Å²) in [5, 5.41) is 6.64. The minimum absolute atomic E-state index is 0.116. The van der Waals surface area contributed by atoms with Crippen molar-refractivity contribution < 1.29 is 14.3 Å².